The smallest absolute Gasteiger partial charge is 0.234 e. The number of anilines is 1. The van der Waals surface area contributed by atoms with Gasteiger partial charge in [0.1, 0.15) is 6.61 Å². The highest BCUT2D eigenvalue weighted by molar-refractivity contribution is 7.19. The fraction of sp³-hybridized carbons (Fsp3) is 0.308. The van der Waals surface area contributed by atoms with E-state index >= 15 is 0 Å². The van der Waals surface area contributed by atoms with Crippen molar-refractivity contribution in [1.29, 1.82) is 0 Å². The molecule has 3 heterocycles. The molecule has 0 aliphatic carbocycles. The van der Waals surface area contributed by atoms with E-state index in [1.165, 1.54) is 11.3 Å². The Balaban J connectivity index is 1.88. The van der Waals surface area contributed by atoms with Gasteiger partial charge in [0.15, 0.2) is 16.6 Å². The summed E-state index contributed by atoms with van der Waals surface area (Å²) in [5.74, 6) is 1.76. The first-order chi connectivity index (χ1) is 9.86. The van der Waals surface area contributed by atoms with Crippen molar-refractivity contribution in [3.05, 3.63) is 24.0 Å². The molecule has 1 aromatic carbocycles. The molecule has 0 saturated heterocycles. The van der Waals surface area contributed by atoms with E-state index in [9.17, 15) is 0 Å². The summed E-state index contributed by atoms with van der Waals surface area (Å²) in [6.07, 6.45) is 0.815. The number of aromatic nitrogens is 4. The SMILES string of the molecule is CCc1nnc2sc(-c3cccc4c3OCCN4)nn12. The molecule has 3 aromatic rings. The Hall–Kier alpha value is -2.15. The van der Waals surface area contributed by atoms with Gasteiger partial charge < -0.3 is 10.1 Å². The molecule has 102 valence electrons. The molecule has 2 aromatic heterocycles. The Morgan fingerprint density at radius 3 is 3.25 bits per heavy atom. The Bertz CT molecular complexity index is 778. The Labute approximate surface area is 119 Å². The molecule has 0 unspecified atom stereocenters. The predicted molar refractivity (Wildman–Crippen MR) is 77.5 cm³/mol. The van der Waals surface area contributed by atoms with Crippen LogP contribution in [-0.2, 0) is 6.42 Å². The second-order valence-electron chi connectivity index (χ2n) is 4.53. The van der Waals surface area contributed by atoms with Crippen molar-refractivity contribution in [3.63, 3.8) is 0 Å². The molecule has 0 bridgehead atoms. The maximum Gasteiger partial charge on any atom is 0.234 e. The van der Waals surface area contributed by atoms with E-state index in [4.69, 9.17) is 4.74 Å². The average molecular weight is 287 g/mol. The highest BCUT2D eigenvalue weighted by atomic mass is 32.1. The van der Waals surface area contributed by atoms with Crippen LogP contribution in [0, 0.1) is 0 Å². The van der Waals surface area contributed by atoms with Crippen LogP contribution in [0.5, 0.6) is 5.75 Å². The molecular weight excluding hydrogens is 274 g/mol. The largest absolute Gasteiger partial charge is 0.489 e. The zero-order valence-corrected chi connectivity index (χ0v) is 11.8. The fourth-order valence-corrected chi connectivity index (χ4v) is 3.21. The molecule has 1 aliphatic rings. The second kappa shape index (κ2) is 4.45. The molecule has 1 aliphatic heterocycles. The van der Waals surface area contributed by atoms with Crippen molar-refractivity contribution in [3.8, 4) is 16.3 Å². The second-order valence-corrected chi connectivity index (χ2v) is 5.48. The summed E-state index contributed by atoms with van der Waals surface area (Å²) >= 11 is 1.53. The molecule has 0 amide bonds. The van der Waals surface area contributed by atoms with Crippen LogP contribution < -0.4 is 10.1 Å². The zero-order valence-electron chi connectivity index (χ0n) is 11.0. The van der Waals surface area contributed by atoms with Crippen LogP contribution >= 0.6 is 11.3 Å². The molecule has 20 heavy (non-hydrogen) atoms. The van der Waals surface area contributed by atoms with Gasteiger partial charge in [-0.15, -0.1) is 10.2 Å². The average Bonchev–Trinajstić information content (AvgIpc) is 3.06. The fourth-order valence-electron chi connectivity index (χ4n) is 2.33. The molecule has 0 spiro atoms. The summed E-state index contributed by atoms with van der Waals surface area (Å²) < 4.78 is 7.61. The first-order valence-corrected chi connectivity index (χ1v) is 7.39. The van der Waals surface area contributed by atoms with Gasteiger partial charge in [-0.3, -0.25) is 0 Å². The van der Waals surface area contributed by atoms with Crippen molar-refractivity contribution in [1.82, 2.24) is 19.8 Å². The van der Waals surface area contributed by atoms with E-state index in [-0.39, 0.29) is 0 Å². The third kappa shape index (κ3) is 1.66. The lowest BCUT2D eigenvalue weighted by Crippen LogP contribution is -2.18. The standard InChI is InChI=1S/C13H13N5OS/c1-2-10-15-16-13-18(10)17-12(20-13)8-4-3-5-9-11(8)19-7-6-14-9/h3-5,14H,2,6-7H2,1H3. The maximum absolute atomic E-state index is 5.80. The van der Waals surface area contributed by atoms with Crippen LogP contribution in [0.2, 0.25) is 0 Å². The van der Waals surface area contributed by atoms with E-state index in [2.05, 4.69) is 20.6 Å². The molecule has 4 rings (SSSR count). The van der Waals surface area contributed by atoms with Gasteiger partial charge >= 0.3 is 0 Å². The minimum absolute atomic E-state index is 0.675. The number of hydrogen-bond acceptors (Lipinski definition) is 6. The van der Waals surface area contributed by atoms with Gasteiger partial charge in [-0.2, -0.15) is 9.61 Å². The maximum atomic E-state index is 5.80. The molecule has 1 N–H and O–H groups in total. The van der Waals surface area contributed by atoms with Gasteiger partial charge in [-0.1, -0.05) is 24.3 Å². The van der Waals surface area contributed by atoms with Gasteiger partial charge in [-0.05, 0) is 12.1 Å². The van der Waals surface area contributed by atoms with Crippen molar-refractivity contribution < 1.29 is 4.74 Å². The summed E-state index contributed by atoms with van der Waals surface area (Å²) in [6, 6.07) is 6.07. The van der Waals surface area contributed by atoms with Crippen molar-refractivity contribution in [2.75, 3.05) is 18.5 Å². The van der Waals surface area contributed by atoms with Crippen LogP contribution in [-0.4, -0.2) is 33.0 Å². The number of aryl methyl sites for hydroxylation is 1. The molecule has 0 fully saturated rings. The van der Waals surface area contributed by atoms with E-state index < -0.39 is 0 Å². The lowest BCUT2D eigenvalue weighted by molar-refractivity contribution is 0.324. The van der Waals surface area contributed by atoms with Crippen LogP contribution in [0.1, 0.15) is 12.7 Å². The number of ether oxygens (including phenoxy) is 1. The topological polar surface area (TPSA) is 64.3 Å². The number of rotatable bonds is 2. The predicted octanol–water partition coefficient (Wildman–Crippen LogP) is 2.22. The van der Waals surface area contributed by atoms with E-state index in [0.29, 0.717) is 6.61 Å². The highest BCUT2D eigenvalue weighted by Gasteiger charge is 2.19. The Morgan fingerprint density at radius 2 is 2.35 bits per heavy atom. The Kier molecular flexibility index (Phi) is 2.59. The molecule has 0 atom stereocenters. The van der Waals surface area contributed by atoms with Crippen molar-refractivity contribution in [2.24, 2.45) is 0 Å². The normalized spacial score (nSPS) is 13.8. The van der Waals surface area contributed by atoms with Gasteiger partial charge in [0, 0.05) is 13.0 Å². The molecule has 7 heteroatoms. The molecule has 0 radical (unpaired) electrons. The third-order valence-electron chi connectivity index (χ3n) is 3.28. The quantitative estimate of drug-likeness (QED) is 0.783. The summed E-state index contributed by atoms with van der Waals surface area (Å²) in [6.45, 7) is 3.56. The lowest BCUT2D eigenvalue weighted by atomic mass is 10.1. The monoisotopic (exact) mass is 287 g/mol. The number of nitrogens with zero attached hydrogens (tertiary/aromatic N) is 4. The van der Waals surface area contributed by atoms with Crippen LogP contribution in [0.15, 0.2) is 18.2 Å². The summed E-state index contributed by atoms with van der Waals surface area (Å²) in [4.78, 5) is 0.818. The van der Waals surface area contributed by atoms with Crippen molar-refractivity contribution in [2.45, 2.75) is 13.3 Å². The van der Waals surface area contributed by atoms with Gasteiger partial charge in [-0.25, -0.2) is 0 Å². The third-order valence-corrected chi connectivity index (χ3v) is 4.21. The summed E-state index contributed by atoms with van der Waals surface area (Å²) in [7, 11) is 0. The van der Waals surface area contributed by atoms with Crippen LogP contribution in [0.4, 0.5) is 5.69 Å². The number of fused-ring (bicyclic) bond motifs is 2. The molecule has 0 saturated carbocycles. The van der Waals surface area contributed by atoms with Gasteiger partial charge in [0.25, 0.3) is 0 Å². The first-order valence-electron chi connectivity index (χ1n) is 6.58. The Morgan fingerprint density at radius 1 is 1.40 bits per heavy atom. The molecule has 6 nitrogen and oxygen atoms in total. The minimum Gasteiger partial charge on any atom is -0.489 e. The number of nitrogens with one attached hydrogen (secondary N) is 1. The lowest BCUT2D eigenvalue weighted by Gasteiger charge is -2.20. The number of benzene rings is 1. The van der Waals surface area contributed by atoms with Crippen LogP contribution in [0.3, 0.4) is 0 Å². The van der Waals surface area contributed by atoms with Crippen molar-refractivity contribution >= 4 is 22.0 Å². The van der Waals surface area contributed by atoms with Gasteiger partial charge in [0.05, 0.1) is 11.3 Å². The summed E-state index contributed by atoms with van der Waals surface area (Å²) in [5, 5.41) is 17.1. The molecular formula is C13H13N5OS. The highest BCUT2D eigenvalue weighted by Crippen LogP contribution is 2.39. The van der Waals surface area contributed by atoms with E-state index in [0.717, 1.165) is 45.8 Å². The van der Waals surface area contributed by atoms with E-state index in [1.807, 2.05) is 29.6 Å². The van der Waals surface area contributed by atoms with E-state index in [1.54, 1.807) is 0 Å². The number of hydrogen-bond donors (Lipinski definition) is 1. The first kappa shape index (κ1) is 11.7. The van der Waals surface area contributed by atoms with Crippen LogP contribution in [0.25, 0.3) is 15.5 Å². The van der Waals surface area contributed by atoms with Gasteiger partial charge in [0.2, 0.25) is 4.96 Å². The summed E-state index contributed by atoms with van der Waals surface area (Å²) in [5.41, 5.74) is 2.03. The number of para-hydroxylation sites is 1. The minimum atomic E-state index is 0.675. The zero-order chi connectivity index (χ0) is 13.5.